The predicted molar refractivity (Wildman–Crippen MR) is 118 cm³/mol. The lowest BCUT2D eigenvalue weighted by Crippen LogP contribution is -2.57. The summed E-state index contributed by atoms with van der Waals surface area (Å²) in [5.41, 5.74) is 3.29. The Labute approximate surface area is 175 Å². The molecule has 3 aromatic carbocycles. The fraction of sp³-hybridized carbons (Fsp3) is 0.200. The van der Waals surface area contributed by atoms with Gasteiger partial charge in [-0.3, -0.25) is 15.0 Å². The molecule has 1 unspecified atom stereocenters. The Morgan fingerprint density at radius 1 is 1.00 bits per heavy atom. The van der Waals surface area contributed by atoms with Gasteiger partial charge >= 0.3 is 5.69 Å². The average molecular weight is 398 g/mol. The van der Waals surface area contributed by atoms with E-state index in [0.29, 0.717) is 5.75 Å². The normalized spacial score (nSPS) is 20.6. The van der Waals surface area contributed by atoms with Crippen LogP contribution in [0.2, 0.25) is 0 Å². The van der Waals surface area contributed by atoms with E-state index in [4.69, 9.17) is 4.74 Å². The van der Waals surface area contributed by atoms with Crippen LogP contribution in [0.3, 0.4) is 0 Å². The average Bonchev–Trinajstić information content (AvgIpc) is 2.92. The molecule has 0 bridgehead atoms. The Balaban J connectivity index is 1.79. The largest absolute Gasteiger partial charge is 0.455 e. The Morgan fingerprint density at radius 2 is 1.70 bits per heavy atom. The van der Waals surface area contributed by atoms with E-state index in [1.54, 1.807) is 6.07 Å². The number of hydrogen-bond acceptors (Lipinski definition) is 4. The highest BCUT2D eigenvalue weighted by Crippen LogP contribution is 2.58. The van der Waals surface area contributed by atoms with Crippen molar-refractivity contribution in [2.45, 2.75) is 31.9 Å². The van der Waals surface area contributed by atoms with E-state index in [2.05, 4.69) is 30.9 Å². The molecule has 5 rings (SSSR count). The van der Waals surface area contributed by atoms with Crippen molar-refractivity contribution in [3.8, 4) is 5.75 Å². The van der Waals surface area contributed by atoms with Crippen molar-refractivity contribution >= 4 is 23.1 Å². The fourth-order valence-electron chi connectivity index (χ4n) is 4.76. The molecule has 0 aliphatic carbocycles. The van der Waals surface area contributed by atoms with Crippen LogP contribution in [0.1, 0.15) is 30.5 Å². The van der Waals surface area contributed by atoms with Gasteiger partial charge in [-0.2, -0.15) is 0 Å². The molecule has 3 aromatic rings. The second-order valence-corrected chi connectivity index (χ2v) is 8.40. The van der Waals surface area contributed by atoms with Crippen LogP contribution in [0.15, 0.2) is 72.8 Å². The molecule has 2 aliphatic heterocycles. The first kappa shape index (κ1) is 18.4. The van der Waals surface area contributed by atoms with Gasteiger partial charge in [0.1, 0.15) is 0 Å². The van der Waals surface area contributed by atoms with Gasteiger partial charge in [0, 0.05) is 23.0 Å². The molecule has 2 heterocycles. The zero-order valence-electron chi connectivity index (χ0n) is 17.1. The second kappa shape index (κ2) is 6.20. The molecule has 1 spiro atoms. The molecule has 0 radical (unpaired) electrons. The number of hydrogen-bond donors (Lipinski definition) is 0. The highest BCUT2D eigenvalue weighted by Gasteiger charge is 2.60. The summed E-state index contributed by atoms with van der Waals surface area (Å²) in [7, 11) is 0. The highest BCUT2D eigenvalue weighted by atomic mass is 16.6. The third kappa shape index (κ3) is 2.35. The van der Waals surface area contributed by atoms with Crippen LogP contribution in [0.4, 0.5) is 17.1 Å². The van der Waals surface area contributed by atoms with Gasteiger partial charge in [-0.05, 0) is 68.3 Å². The monoisotopic (exact) mass is 398 g/mol. The third-order valence-corrected chi connectivity index (χ3v) is 6.25. The number of fused-ring (bicyclic) bond motifs is 2. The molecule has 5 heteroatoms. The lowest BCUT2D eigenvalue weighted by atomic mass is 9.76. The van der Waals surface area contributed by atoms with E-state index in [1.807, 2.05) is 67.6 Å². The summed E-state index contributed by atoms with van der Waals surface area (Å²) >= 11 is 0. The molecule has 0 saturated heterocycles. The fourth-order valence-corrected chi connectivity index (χ4v) is 4.76. The van der Waals surface area contributed by atoms with E-state index in [9.17, 15) is 10.1 Å². The number of aryl methyl sites for hydroxylation is 1. The molecule has 150 valence electrons. The zero-order valence-corrected chi connectivity index (χ0v) is 17.1. The number of benzene rings is 3. The number of anilines is 2. The van der Waals surface area contributed by atoms with Crippen LogP contribution >= 0.6 is 0 Å². The molecule has 0 saturated carbocycles. The molecule has 0 amide bonds. The maximum Gasteiger partial charge on any atom is 0.311 e. The Bertz CT molecular complexity index is 1200. The highest BCUT2D eigenvalue weighted by molar-refractivity contribution is 5.80. The molecule has 1 atom stereocenters. The summed E-state index contributed by atoms with van der Waals surface area (Å²) in [5.74, 6) is 0.315. The van der Waals surface area contributed by atoms with Crippen molar-refractivity contribution in [2.75, 3.05) is 4.90 Å². The molecule has 2 aliphatic rings. The van der Waals surface area contributed by atoms with Crippen molar-refractivity contribution in [3.63, 3.8) is 0 Å². The van der Waals surface area contributed by atoms with E-state index >= 15 is 0 Å². The molecule has 30 heavy (non-hydrogen) atoms. The van der Waals surface area contributed by atoms with E-state index < -0.39 is 11.1 Å². The summed E-state index contributed by atoms with van der Waals surface area (Å²) in [6.07, 6.45) is 4.01. The summed E-state index contributed by atoms with van der Waals surface area (Å²) in [5, 5.41) is 11.8. The van der Waals surface area contributed by atoms with Crippen molar-refractivity contribution in [3.05, 3.63) is 99.6 Å². The molecular formula is C25H22N2O3. The van der Waals surface area contributed by atoms with Crippen molar-refractivity contribution < 1.29 is 9.66 Å². The number of ether oxygens (including phenoxy) is 1. The van der Waals surface area contributed by atoms with Crippen molar-refractivity contribution in [1.82, 2.24) is 0 Å². The van der Waals surface area contributed by atoms with Gasteiger partial charge in [-0.1, -0.05) is 36.4 Å². The van der Waals surface area contributed by atoms with Crippen LogP contribution in [0.25, 0.3) is 6.08 Å². The summed E-state index contributed by atoms with van der Waals surface area (Å²) < 4.78 is 6.69. The smallest absolute Gasteiger partial charge is 0.311 e. The number of para-hydroxylation sites is 2. The SMILES string of the molecule is Cc1cc2c(c([N+](=O)[O-])c1)OC1(C=C2)N(c2ccccc2)c2ccccc2C1(C)C. The van der Waals surface area contributed by atoms with Gasteiger partial charge in [0.05, 0.1) is 10.3 Å². The lowest BCUT2D eigenvalue weighted by molar-refractivity contribution is -0.386. The van der Waals surface area contributed by atoms with E-state index in [-0.39, 0.29) is 10.6 Å². The zero-order chi connectivity index (χ0) is 21.1. The van der Waals surface area contributed by atoms with Gasteiger partial charge in [-0.15, -0.1) is 0 Å². The predicted octanol–water partition coefficient (Wildman–Crippen LogP) is 6.13. The summed E-state index contributed by atoms with van der Waals surface area (Å²) in [4.78, 5) is 13.6. The van der Waals surface area contributed by atoms with Crippen LogP contribution in [-0.2, 0) is 5.41 Å². The maximum atomic E-state index is 11.8. The van der Waals surface area contributed by atoms with Gasteiger partial charge < -0.3 is 4.74 Å². The first-order valence-electron chi connectivity index (χ1n) is 9.97. The van der Waals surface area contributed by atoms with Crippen LogP contribution < -0.4 is 9.64 Å². The number of nitro groups is 1. The number of nitrogens with zero attached hydrogens (tertiary/aromatic N) is 2. The first-order chi connectivity index (χ1) is 14.3. The van der Waals surface area contributed by atoms with Crippen LogP contribution in [0, 0.1) is 17.0 Å². The van der Waals surface area contributed by atoms with Crippen molar-refractivity contribution in [1.29, 1.82) is 0 Å². The standard InChI is InChI=1S/C25H22N2O3/c1-17-15-18-13-14-25(30-23(18)22(16-17)27(28)29)24(2,3)20-11-7-8-12-21(20)26(25)19-9-5-4-6-10-19/h4-16H,1-3H3. The van der Waals surface area contributed by atoms with Gasteiger partial charge in [0.2, 0.25) is 11.5 Å². The van der Waals surface area contributed by atoms with E-state index in [1.165, 1.54) is 0 Å². The first-order valence-corrected chi connectivity index (χ1v) is 9.97. The summed E-state index contributed by atoms with van der Waals surface area (Å²) in [6, 6.07) is 21.8. The molecule has 0 fully saturated rings. The number of rotatable bonds is 2. The number of nitro benzene ring substituents is 1. The minimum absolute atomic E-state index is 0.00603. The molecule has 0 N–H and O–H groups in total. The van der Waals surface area contributed by atoms with Gasteiger partial charge in [0.15, 0.2) is 0 Å². The topological polar surface area (TPSA) is 55.6 Å². The molecular weight excluding hydrogens is 376 g/mol. The minimum Gasteiger partial charge on any atom is -0.455 e. The Morgan fingerprint density at radius 3 is 2.43 bits per heavy atom. The minimum atomic E-state index is -0.939. The van der Waals surface area contributed by atoms with Gasteiger partial charge in [0.25, 0.3) is 0 Å². The quantitative estimate of drug-likeness (QED) is 0.385. The van der Waals surface area contributed by atoms with Crippen molar-refractivity contribution in [2.24, 2.45) is 0 Å². The molecule has 5 nitrogen and oxygen atoms in total. The van der Waals surface area contributed by atoms with Crippen LogP contribution in [-0.4, -0.2) is 10.6 Å². The third-order valence-electron chi connectivity index (χ3n) is 6.25. The summed E-state index contributed by atoms with van der Waals surface area (Å²) in [6.45, 7) is 6.12. The second-order valence-electron chi connectivity index (χ2n) is 8.40. The Kier molecular flexibility index (Phi) is 3.81. The lowest BCUT2D eigenvalue weighted by Gasteiger charge is -2.46. The Hall–Kier alpha value is -3.60. The maximum absolute atomic E-state index is 11.8. The molecule has 0 aromatic heterocycles. The van der Waals surface area contributed by atoms with E-state index in [0.717, 1.165) is 28.1 Å². The van der Waals surface area contributed by atoms with Crippen LogP contribution in [0.5, 0.6) is 5.75 Å². The van der Waals surface area contributed by atoms with Gasteiger partial charge in [-0.25, -0.2) is 0 Å².